The van der Waals surface area contributed by atoms with Crippen LogP contribution in [0.25, 0.3) is 0 Å². The van der Waals surface area contributed by atoms with Gasteiger partial charge in [-0.3, -0.25) is 0 Å². The van der Waals surface area contributed by atoms with Crippen molar-refractivity contribution in [1.82, 2.24) is 0 Å². The van der Waals surface area contributed by atoms with Crippen LogP contribution in [0.4, 0.5) is 22.7 Å². The molecule has 0 spiro atoms. The second-order valence-electron chi connectivity index (χ2n) is 13.6. The van der Waals surface area contributed by atoms with Crippen molar-refractivity contribution in [2.75, 3.05) is 9.80 Å². The third kappa shape index (κ3) is 4.91. The highest BCUT2D eigenvalue weighted by Gasteiger charge is 2.26. The van der Waals surface area contributed by atoms with Gasteiger partial charge >= 0.3 is 0 Å². The van der Waals surface area contributed by atoms with Crippen LogP contribution in [0.15, 0.2) is 72.8 Å². The van der Waals surface area contributed by atoms with Crippen LogP contribution in [-0.2, 0) is 25.9 Å². The fraction of sp³-hybridized carbons (Fsp3) is 0.286. The van der Waals surface area contributed by atoms with Gasteiger partial charge in [-0.05, 0) is 158 Å². The van der Waals surface area contributed by atoms with Gasteiger partial charge in [-0.1, -0.05) is 48.5 Å². The number of rotatable bonds is 4. The summed E-state index contributed by atoms with van der Waals surface area (Å²) in [5.41, 5.74) is 24.7. The predicted octanol–water partition coefficient (Wildman–Crippen LogP) is 10.6. The first-order chi connectivity index (χ1) is 21.0. The van der Waals surface area contributed by atoms with E-state index in [9.17, 15) is 0 Å². The summed E-state index contributed by atoms with van der Waals surface area (Å²) in [7, 11) is 0. The Labute approximate surface area is 264 Å². The Bertz CT molecular complexity index is 1690. The van der Waals surface area contributed by atoms with E-state index in [2.05, 4.69) is 138 Å². The zero-order valence-electron chi connectivity index (χ0n) is 27.7. The molecule has 0 fully saturated rings. The first-order valence-electron chi connectivity index (χ1n) is 16.1. The van der Waals surface area contributed by atoms with Crippen LogP contribution in [0.1, 0.15) is 77.9 Å². The van der Waals surface area contributed by atoms with Gasteiger partial charge in [-0.15, -0.1) is 0 Å². The SMILES string of the molecule is Cc1cc2c(cc1C)N(Cc1ccc(CN3c4cc(C)c(C)cc4Cc4cc(C)c(C)cc43)cc1)c1cc(C)c(C)cc1C2. The third-order valence-corrected chi connectivity index (χ3v) is 10.4. The van der Waals surface area contributed by atoms with Gasteiger partial charge in [0.05, 0.1) is 0 Å². The van der Waals surface area contributed by atoms with Gasteiger partial charge in [0.25, 0.3) is 0 Å². The van der Waals surface area contributed by atoms with Crippen molar-refractivity contribution < 1.29 is 0 Å². The van der Waals surface area contributed by atoms with Crippen LogP contribution >= 0.6 is 0 Å². The Balaban J connectivity index is 1.22. The normalized spacial score (nSPS) is 13.4. The second-order valence-corrected chi connectivity index (χ2v) is 13.6. The van der Waals surface area contributed by atoms with Gasteiger partial charge in [0.2, 0.25) is 0 Å². The van der Waals surface area contributed by atoms with E-state index >= 15 is 0 Å². The lowest BCUT2D eigenvalue weighted by Gasteiger charge is -2.35. The Morgan fingerprint density at radius 1 is 0.364 bits per heavy atom. The minimum atomic E-state index is 0.859. The summed E-state index contributed by atoms with van der Waals surface area (Å²) in [4.78, 5) is 5.10. The van der Waals surface area contributed by atoms with Crippen LogP contribution in [0.3, 0.4) is 0 Å². The highest BCUT2D eigenvalue weighted by Crippen LogP contribution is 2.44. The van der Waals surface area contributed by atoms with Crippen molar-refractivity contribution in [2.24, 2.45) is 0 Å². The number of hydrogen-bond donors (Lipinski definition) is 0. The standard InChI is InChI=1S/C42H44N2/c1-25-13-35-21-36-14-26(2)30(6)18-40(36)43(39(35)17-29(25)5)23-33-9-11-34(12-10-33)24-44-41-19-31(7)27(3)15-37(41)22-38-16-28(4)32(8)20-42(38)44/h9-20H,21-24H2,1-8H3. The summed E-state index contributed by atoms with van der Waals surface area (Å²) in [5.74, 6) is 0. The van der Waals surface area contributed by atoms with Crippen molar-refractivity contribution >= 4 is 22.7 Å². The molecule has 5 aromatic carbocycles. The molecule has 0 unspecified atom stereocenters. The van der Waals surface area contributed by atoms with Crippen LogP contribution in [-0.4, -0.2) is 0 Å². The number of aryl methyl sites for hydroxylation is 8. The molecule has 2 heteroatoms. The Hall–Kier alpha value is -4.30. The summed E-state index contributed by atoms with van der Waals surface area (Å²) in [6, 6.07) is 28.6. The van der Waals surface area contributed by atoms with E-state index in [-0.39, 0.29) is 0 Å². The largest absolute Gasteiger partial charge is 0.336 e. The molecule has 2 aliphatic rings. The molecule has 0 saturated heterocycles. The van der Waals surface area contributed by atoms with E-state index in [0.717, 1.165) is 25.9 Å². The lowest BCUT2D eigenvalue weighted by atomic mass is 9.90. The molecule has 2 nitrogen and oxygen atoms in total. The molecule has 0 radical (unpaired) electrons. The van der Waals surface area contributed by atoms with Gasteiger partial charge in [-0.25, -0.2) is 0 Å². The maximum Gasteiger partial charge on any atom is 0.0481 e. The quantitative estimate of drug-likeness (QED) is 0.210. The molecule has 0 N–H and O–H groups in total. The van der Waals surface area contributed by atoms with Crippen LogP contribution in [0.5, 0.6) is 0 Å². The molecule has 0 saturated carbocycles. The molecule has 0 atom stereocenters. The van der Waals surface area contributed by atoms with Crippen molar-refractivity contribution in [2.45, 2.75) is 81.3 Å². The fourth-order valence-corrected chi connectivity index (χ4v) is 7.14. The topological polar surface area (TPSA) is 6.48 Å². The average Bonchev–Trinajstić information content (AvgIpc) is 2.98. The zero-order valence-corrected chi connectivity index (χ0v) is 27.7. The fourth-order valence-electron chi connectivity index (χ4n) is 7.14. The number of benzene rings is 5. The van der Waals surface area contributed by atoms with Crippen LogP contribution in [0.2, 0.25) is 0 Å². The zero-order chi connectivity index (χ0) is 30.9. The minimum absolute atomic E-state index is 0.859. The van der Waals surface area contributed by atoms with Crippen LogP contribution < -0.4 is 9.80 Å². The van der Waals surface area contributed by atoms with Gasteiger partial charge < -0.3 is 9.80 Å². The van der Waals surface area contributed by atoms with E-state index in [1.54, 1.807) is 0 Å². The van der Waals surface area contributed by atoms with Gasteiger partial charge in [0.15, 0.2) is 0 Å². The van der Waals surface area contributed by atoms with E-state index in [1.807, 2.05) is 0 Å². The molecular weight excluding hydrogens is 532 g/mol. The van der Waals surface area contributed by atoms with Crippen molar-refractivity contribution in [1.29, 1.82) is 0 Å². The summed E-state index contributed by atoms with van der Waals surface area (Å²) < 4.78 is 0. The predicted molar refractivity (Wildman–Crippen MR) is 187 cm³/mol. The highest BCUT2D eigenvalue weighted by molar-refractivity contribution is 5.78. The monoisotopic (exact) mass is 576 g/mol. The average molecular weight is 577 g/mol. The molecule has 2 aliphatic heterocycles. The molecule has 0 aliphatic carbocycles. The molecule has 7 rings (SSSR count). The second kappa shape index (κ2) is 10.7. The summed E-state index contributed by atoms with van der Waals surface area (Å²) in [6.45, 7) is 19.6. The molecule has 2 heterocycles. The number of nitrogens with zero attached hydrogens (tertiary/aromatic N) is 2. The first kappa shape index (κ1) is 28.5. The highest BCUT2D eigenvalue weighted by atomic mass is 15.2. The van der Waals surface area contributed by atoms with E-state index in [1.165, 1.54) is 101 Å². The Morgan fingerprint density at radius 3 is 0.841 bits per heavy atom. The smallest absolute Gasteiger partial charge is 0.0481 e. The lowest BCUT2D eigenvalue weighted by molar-refractivity contribution is 0.905. The minimum Gasteiger partial charge on any atom is -0.336 e. The van der Waals surface area contributed by atoms with Crippen molar-refractivity contribution in [3.63, 3.8) is 0 Å². The number of hydrogen-bond acceptors (Lipinski definition) is 2. The molecule has 0 aromatic heterocycles. The summed E-state index contributed by atoms with van der Waals surface area (Å²) in [5, 5.41) is 0. The third-order valence-electron chi connectivity index (χ3n) is 10.4. The number of fused-ring (bicyclic) bond motifs is 4. The van der Waals surface area contributed by atoms with E-state index in [0.29, 0.717) is 0 Å². The van der Waals surface area contributed by atoms with Gasteiger partial charge in [-0.2, -0.15) is 0 Å². The van der Waals surface area contributed by atoms with Crippen molar-refractivity contribution in [3.05, 3.63) is 151 Å². The van der Waals surface area contributed by atoms with E-state index < -0.39 is 0 Å². The Kier molecular flexibility index (Phi) is 6.92. The van der Waals surface area contributed by atoms with Crippen LogP contribution in [0, 0.1) is 55.4 Å². The summed E-state index contributed by atoms with van der Waals surface area (Å²) >= 11 is 0. The molecular formula is C42H44N2. The Morgan fingerprint density at radius 2 is 0.591 bits per heavy atom. The van der Waals surface area contributed by atoms with Gasteiger partial charge in [0.1, 0.15) is 0 Å². The molecule has 0 bridgehead atoms. The maximum absolute atomic E-state index is 2.55. The van der Waals surface area contributed by atoms with Gasteiger partial charge in [0, 0.05) is 48.7 Å². The maximum atomic E-state index is 2.55. The molecule has 44 heavy (non-hydrogen) atoms. The molecule has 222 valence electrons. The molecule has 0 amide bonds. The van der Waals surface area contributed by atoms with E-state index in [4.69, 9.17) is 0 Å². The van der Waals surface area contributed by atoms with Crippen molar-refractivity contribution in [3.8, 4) is 0 Å². The first-order valence-corrected chi connectivity index (χ1v) is 16.1. The number of anilines is 4. The summed E-state index contributed by atoms with van der Waals surface area (Å²) in [6.07, 6.45) is 2.00. The lowest BCUT2D eigenvalue weighted by Crippen LogP contribution is -2.24. The molecule has 5 aromatic rings.